The fraction of sp³-hybridized carbons (Fsp3) is 0.812. The van der Waals surface area contributed by atoms with Gasteiger partial charge < -0.3 is 14.8 Å². The first-order valence-electron chi connectivity index (χ1n) is 8.17. The summed E-state index contributed by atoms with van der Waals surface area (Å²) in [6.07, 6.45) is 6.26. The third-order valence-corrected chi connectivity index (χ3v) is 4.86. The molecule has 0 bridgehead atoms. The largest absolute Gasteiger partial charge is 0.378 e. The normalized spacial score (nSPS) is 30.9. The average molecular weight is 293 g/mol. The van der Waals surface area contributed by atoms with Gasteiger partial charge in [-0.25, -0.2) is 0 Å². The summed E-state index contributed by atoms with van der Waals surface area (Å²) in [6.45, 7) is 5.69. The van der Waals surface area contributed by atoms with E-state index in [0.29, 0.717) is 12.0 Å². The zero-order chi connectivity index (χ0) is 14.7. The molecule has 3 rings (SSSR count). The molecule has 0 saturated carbocycles. The molecule has 0 radical (unpaired) electrons. The van der Waals surface area contributed by atoms with Gasteiger partial charge in [0, 0.05) is 32.9 Å². The second-order valence-electron chi connectivity index (χ2n) is 6.40. The minimum atomic E-state index is -0.0341. The van der Waals surface area contributed by atoms with Crippen LogP contribution in [0.2, 0.25) is 0 Å². The van der Waals surface area contributed by atoms with Gasteiger partial charge in [0.05, 0.1) is 23.9 Å². The molecular weight excluding hydrogens is 266 g/mol. The van der Waals surface area contributed by atoms with Crippen LogP contribution in [-0.4, -0.2) is 41.7 Å². The van der Waals surface area contributed by atoms with Crippen LogP contribution in [0.15, 0.2) is 12.3 Å². The standard InChI is InChI=1S/C16H27N3O2/c1-3-7-17-15(14-4-8-18-19(14)2)13-5-9-21-16(11-13)6-10-20-12-16/h4,8,13,15,17H,3,5-7,9-12H2,1-2H3. The Labute approximate surface area is 127 Å². The van der Waals surface area contributed by atoms with E-state index >= 15 is 0 Å². The van der Waals surface area contributed by atoms with Gasteiger partial charge in [0.2, 0.25) is 0 Å². The van der Waals surface area contributed by atoms with E-state index in [9.17, 15) is 0 Å². The van der Waals surface area contributed by atoms with E-state index < -0.39 is 0 Å². The Morgan fingerprint density at radius 1 is 1.52 bits per heavy atom. The minimum Gasteiger partial charge on any atom is -0.378 e. The van der Waals surface area contributed by atoms with Crippen LogP contribution in [0.25, 0.3) is 0 Å². The Hall–Kier alpha value is -0.910. The lowest BCUT2D eigenvalue weighted by molar-refractivity contribution is -0.103. The lowest BCUT2D eigenvalue weighted by atomic mass is 9.80. The van der Waals surface area contributed by atoms with E-state index in [1.54, 1.807) is 0 Å². The van der Waals surface area contributed by atoms with Crippen molar-refractivity contribution in [2.75, 3.05) is 26.4 Å². The second-order valence-corrected chi connectivity index (χ2v) is 6.40. The van der Waals surface area contributed by atoms with Gasteiger partial charge in [-0.1, -0.05) is 6.92 Å². The quantitative estimate of drug-likeness (QED) is 0.902. The van der Waals surface area contributed by atoms with Crippen molar-refractivity contribution in [3.63, 3.8) is 0 Å². The third kappa shape index (κ3) is 3.15. The van der Waals surface area contributed by atoms with E-state index in [2.05, 4.69) is 23.4 Å². The van der Waals surface area contributed by atoms with Crippen molar-refractivity contribution in [3.8, 4) is 0 Å². The SMILES string of the molecule is CCCNC(c1ccnn1C)C1CCOC2(CCOC2)C1. The predicted octanol–water partition coefficient (Wildman–Crippen LogP) is 2.05. The maximum atomic E-state index is 6.08. The van der Waals surface area contributed by atoms with Crippen molar-refractivity contribution in [2.24, 2.45) is 13.0 Å². The van der Waals surface area contributed by atoms with Gasteiger partial charge in [-0.15, -0.1) is 0 Å². The molecule has 1 spiro atoms. The fourth-order valence-electron chi connectivity index (χ4n) is 3.72. The Kier molecular flexibility index (Phi) is 4.62. The lowest BCUT2D eigenvalue weighted by Gasteiger charge is -2.40. The van der Waals surface area contributed by atoms with Crippen molar-refractivity contribution in [2.45, 2.75) is 44.2 Å². The van der Waals surface area contributed by atoms with Crippen molar-refractivity contribution in [1.29, 1.82) is 0 Å². The van der Waals surface area contributed by atoms with E-state index in [1.165, 1.54) is 5.69 Å². The molecule has 2 aliphatic rings. The molecule has 1 aromatic rings. The van der Waals surface area contributed by atoms with Gasteiger partial charge in [-0.3, -0.25) is 4.68 Å². The Balaban J connectivity index is 1.77. The average Bonchev–Trinajstić information content (AvgIpc) is 3.10. The molecule has 5 nitrogen and oxygen atoms in total. The second kappa shape index (κ2) is 6.46. The molecule has 0 amide bonds. The van der Waals surface area contributed by atoms with Crippen LogP contribution in [-0.2, 0) is 16.5 Å². The van der Waals surface area contributed by atoms with Crippen molar-refractivity contribution in [1.82, 2.24) is 15.1 Å². The number of nitrogens with zero attached hydrogens (tertiary/aromatic N) is 2. The van der Waals surface area contributed by atoms with Crippen LogP contribution >= 0.6 is 0 Å². The van der Waals surface area contributed by atoms with Gasteiger partial charge in [-0.05, 0) is 37.8 Å². The number of hydrogen-bond acceptors (Lipinski definition) is 4. The molecular formula is C16H27N3O2. The molecule has 0 aromatic carbocycles. The summed E-state index contributed by atoms with van der Waals surface area (Å²) in [6, 6.07) is 2.50. The van der Waals surface area contributed by atoms with E-state index in [1.807, 2.05) is 17.9 Å². The number of rotatable bonds is 5. The van der Waals surface area contributed by atoms with Crippen molar-refractivity contribution in [3.05, 3.63) is 18.0 Å². The maximum Gasteiger partial charge on any atom is 0.0940 e. The highest BCUT2D eigenvalue weighted by Crippen LogP contribution is 2.40. The summed E-state index contributed by atoms with van der Waals surface area (Å²) in [5.41, 5.74) is 1.25. The van der Waals surface area contributed by atoms with Gasteiger partial charge in [0.15, 0.2) is 0 Å². The van der Waals surface area contributed by atoms with Crippen molar-refractivity contribution >= 4 is 0 Å². The summed E-state index contributed by atoms with van der Waals surface area (Å²) >= 11 is 0. The molecule has 5 heteroatoms. The Bertz CT molecular complexity index is 454. The molecule has 1 aromatic heterocycles. The van der Waals surface area contributed by atoms with E-state index in [0.717, 1.165) is 52.0 Å². The summed E-state index contributed by atoms with van der Waals surface area (Å²) in [5.74, 6) is 0.586. The Morgan fingerprint density at radius 2 is 2.43 bits per heavy atom. The predicted molar refractivity (Wildman–Crippen MR) is 81.1 cm³/mol. The summed E-state index contributed by atoms with van der Waals surface area (Å²) in [7, 11) is 2.03. The molecule has 3 unspecified atom stereocenters. The zero-order valence-corrected chi connectivity index (χ0v) is 13.2. The molecule has 2 fully saturated rings. The molecule has 3 atom stereocenters. The molecule has 0 aliphatic carbocycles. The molecule has 21 heavy (non-hydrogen) atoms. The van der Waals surface area contributed by atoms with Gasteiger partial charge in [0.25, 0.3) is 0 Å². The van der Waals surface area contributed by atoms with E-state index in [-0.39, 0.29) is 5.60 Å². The van der Waals surface area contributed by atoms with Crippen LogP contribution < -0.4 is 5.32 Å². The highest BCUT2D eigenvalue weighted by Gasteiger charge is 2.43. The monoisotopic (exact) mass is 293 g/mol. The molecule has 2 aliphatic heterocycles. The van der Waals surface area contributed by atoms with Gasteiger partial charge in [0.1, 0.15) is 0 Å². The van der Waals surface area contributed by atoms with Crippen LogP contribution in [0.3, 0.4) is 0 Å². The summed E-state index contributed by atoms with van der Waals surface area (Å²) in [4.78, 5) is 0. The maximum absolute atomic E-state index is 6.08. The number of ether oxygens (including phenoxy) is 2. The lowest BCUT2D eigenvalue weighted by Crippen LogP contribution is -2.44. The fourth-order valence-corrected chi connectivity index (χ4v) is 3.72. The number of hydrogen-bond donors (Lipinski definition) is 1. The van der Waals surface area contributed by atoms with Crippen LogP contribution in [0, 0.1) is 5.92 Å². The molecule has 118 valence electrons. The summed E-state index contributed by atoms with van der Waals surface area (Å²) in [5, 5.41) is 8.08. The smallest absolute Gasteiger partial charge is 0.0940 e. The van der Waals surface area contributed by atoms with Gasteiger partial charge in [-0.2, -0.15) is 5.10 Å². The Morgan fingerprint density at radius 3 is 3.10 bits per heavy atom. The van der Waals surface area contributed by atoms with Crippen LogP contribution in [0.4, 0.5) is 0 Å². The first-order valence-corrected chi connectivity index (χ1v) is 8.17. The minimum absolute atomic E-state index is 0.0341. The third-order valence-electron chi connectivity index (χ3n) is 4.86. The number of aryl methyl sites for hydroxylation is 1. The zero-order valence-electron chi connectivity index (χ0n) is 13.2. The summed E-state index contributed by atoms with van der Waals surface area (Å²) < 4.78 is 13.7. The number of aromatic nitrogens is 2. The first kappa shape index (κ1) is 15.0. The van der Waals surface area contributed by atoms with E-state index in [4.69, 9.17) is 9.47 Å². The van der Waals surface area contributed by atoms with Crippen LogP contribution in [0.1, 0.15) is 44.3 Å². The molecule has 1 N–H and O–H groups in total. The number of nitrogens with one attached hydrogen (secondary N) is 1. The van der Waals surface area contributed by atoms with Crippen LogP contribution in [0.5, 0.6) is 0 Å². The topological polar surface area (TPSA) is 48.3 Å². The van der Waals surface area contributed by atoms with Gasteiger partial charge >= 0.3 is 0 Å². The van der Waals surface area contributed by atoms with Crippen molar-refractivity contribution < 1.29 is 9.47 Å². The molecule has 3 heterocycles. The molecule has 2 saturated heterocycles. The highest BCUT2D eigenvalue weighted by atomic mass is 16.6. The first-order chi connectivity index (χ1) is 10.2. The highest BCUT2D eigenvalue weighted by molar-refractivity contribution is 5.10.